The molecule has 0 saturated heterocycles. The van der Waals surface area contributed by atoms with Gasteiger partial charge < -0.3 is 0 Å². The van der Waals surface area contributed by atoms with Crippen LogP contribution in [0.5, 0.6) is 0 Å². The molecule has 5 aliphatic carbocycles. The van der Waals surface area contributed by atoms with E-state index in [1.807, 2.05) is 22.3 Å². The van der Waals surface area contributed by atoms with Gasteiger partial charge in [0.25, 0.3) is 0 Å². The second kappa shape index (κ2) is 1.25. The molecule has 0 bridgehead atoms. The Bertz CT molecular complexity index is 298. The molecule has 0 aromatic carbocycles. The minimum Gasteiger partial charge on any atom is -0.0452 e. The smallest absolute Gasteiger partial charge is 0.00868 e. The van der Waals surface area contributed by atoms with E-state index in [4.69, 9.17) is 0 Å². The molecule has 5 rings (SSSR count). The molecule has 0 aromatic rings. The van der Waals surface area contributed by atoms with Crippen molar-refractivity contribution in [3.63, 3.8) is 0 Å². The van der Waals surface area contributed by atoms with E-state index in [0.29, 0.717) is 0 Å². The first-order valence-corrected chi connectivity index (χ1v) is 5.45. The van der Waals surface area contributed by atoms with E-state index in [-0.39, 0.29) is 0 Å². The number of hydrogen-bond donors (Lipinski definition) is 0. The fourth-order valence-electron chi connectivity index (χ4n) is 4.31. The summed E-state index contributed by atoms with van der Waals surface area (Å²) in [4.78, 5) is 0. The highest BCUT2D eigenvalue weighted by Crippen LogP contribution is 2.76. The normalized spacial score (nSPS) is 56.0. The molecule has 2 fully saturated rings. The van der Waals surface area contributed by atoms with Crippen LogP contribution >= 0.6 is 0 Å². The summed E-state index contributed by atoms with van der Waals surface area (Å²) in [6.07, 6.45) is 6.10. The molecule has 0 heterocycles. The van der Waals surface area contributed by atoms with Crippen LogP contribution in [0.15, 0.2) is 22.3 Å². The highest BCUT2D eigenvalue weighted by atomic mass is 14.7. The van der Waals surface area contributed by atoms with Crippen LogP contribution in [0.3, 0.4) is 0 Å². The minimum absolute atomic E-state index is 1.08. The minimum atomic E-state index is 1.08. The third-order valence-electron chi connectivity index (χ3n) is 5.19. The number of allylic oxidation sites excluding steroid dienone is 4. The van der Waals surface area contributed by atoms with Gasteiger partial charge in [-0.05, 0) is 71.6 Å². The van der Waals surface area contributed by atoms with Crippen molar-refractivity contribution >= 4 is 0 Å². The van der Waals surface area contributed by atoms with Crippen molar-refractivity contribution in [1.82, 2.24) is 0 Å². The maximum absolute atomic E-state index is 1.89. The van der Waals surface area contributed by atoms with Crippen molar-refractivity contribution in [1.29, 1.82) is 0 Å². The summed E-state index contributed by atoms with van der Waals surface area (Å²) in [5.41, 5.74) is 7.56. The maximum Gasteiger partial charge on any atom is -0.00868 e. The predicted molar refractivity (Wildman–Crippen MR) is 46.5 cm³/mol. The number of rotatable bonds is 0. The van der Waals surface area contributed by atoms with E-state index in [1.165, 1.54) is 25.7 Å². The lowest BCUT2D eigenvalue weighted by atomic mass is 9.36. The summed E-state index contributed by atoms with van der Waals surface area (Å²) in [7, 11) is 0. The Labute approximate surface area is 72.3 Å². The standard InChI is InChI=1S/C12H12/c1-2-6-5(1)9-10(6)12-8-4-3-7(8)11(9)12/h5-8H,1-4H2. The first-order valence-electron chi connectivity index (χ1n) is 5.45. The summed E-state index contributed by atoms with van der Waals surface area (Å²) in [5, 5.41) is 0. The Morgan fingerprint density at radius 3 is 0.917 bits per heavy atom. The summed E-state index contributed by atoms with van der Waals surface area (Å²) in [6.45, 7) is 0. The number of hydrogen-bond acceptors (Lipinski definition) is 0. The molecular formula is C12H12. The van der Waals surface area contributed by atoms with Gasteiger partial charge >= 0.3 is 0 Å². The van der Waals surface area contributed by atoms with Crippen molar-refractivity contribution in [3.8, 4) is 0 Å². The lowest BCUT2D eigenvalue weighted by Gasteiger charge is -2.68. The molecule has 0 spiro atoms. The molecule has 2 saturated carbocycles. The van der Waals surface area contributed by atoms with Crippen molar-refractivity contribution in [2.45, 2.75) is 25.7 Å². The molecule has 0 heteroatoms. The largest absolute Gasteiger partial charge is 0.0452 e. The zero-order valence-electron chi connectivity index (χ0n) is 7.14. The molecule has 4 unspecified atom stereocenters. The molecule has 0 N–H and O–H groups in total. The Hall–Kier alpha value is -0.520. The number of fused-ring (bicyclic) bond motifs is 8. The summed E-state index contributed by atoms with van der Waals surface area (Å²) < 4.78 is 0. The van der Waals surface area contributed by atoms with E-state index in [0.717, 1.165) is 23.7 Å². The first-order chi connectivity index (χ1) is 5.97. The second-order valence-electron chi connectivity index (χ2n) is 5.24. The predicted octanol–water partition coefficient (Wildman–Crippen LogP) is 2.67. The van der Waals surface area contributed by atoms with Gasteiger partial charge in [-0.1, -0.05) is 0 Å². The zero-order chi connectivity index (χ0) is 7.45. The molecule has 60 valence electrons. The fourth-order valence-corrected chi connectivity index (χ4v) is 4.31. The van der Waals surface area contributed by atoms with Crippen molar-refractivity contribution < 1.29 is 0 Å². The van der Waals surface area contributed by atoms with Crippen molar-refractivity contribution in [2.24, 2.45) is 23.7 Å². The van der Waals surface area contributed by atoms with E-state index >= 15 is 0 Å². The van der Waals surface area contributed by atoms with E-state index in [2.05, 4.69) is 0 Å². The third kappa shape index (κ3) is 0.278. The highest BCUT2D eigenvalue weighted by Gasteiger charge is 2.64. The molecule has 0 radical (unpaired) electrons. The van der Waals surface area contributed by atoms with Gasteiger partial charge in [-0.3, -0.25) is 0 Å². The lowest BCUT2D eigenvalue weighted by molar-refractivity contribution is 0.120. The van der Waals surface area contributed by atoms with Crippen molar-refractivity contribution in [2.75, 3.05) is 0 Å². The quantitative estimate of drug-likeness (QED) is 0.473. The van der Waals surface area contributed by atoms with Gasteiger partial charge in [0.1, 0.15) is 0 Å². The molecule has 4 atom stereocenters. The van der Waals surface area contributed by atoms with Crippen LogP contribution in [-0.4, -0.2) is 0 Å². The summed E-state index contributed by atoms with van der Waals surface area (Å²) in [6, 6.07) is 0. The Kier molecular flexibility index (Phi) is 0.547. The maximum atomic E-state index is 1.89. The summed E-state index contributed by atoms with van der Waals surface area (Å²) >= 11 is 0. The van der Waals surface area contributed by atoms with Gasteiger partial charge in [-0.2, -0.15) is 0 Å². The van der Waals surface area contributed by atoms with Gasteiger partial charge in [0.05, 0.1) is 0 Å². The van der Waals surface area contributed by atoms with Crippen LogP contribution in [-0.2, 0) is 0 Å². The first kappa shape index (κ1) is 5.26. The van der Waals surface area contributed by atoms with E-state index < -0.39 is 0 Å². The Morgan fingerprint density at radius 1 is 0.500 bits per heavy atom. The van der Waals surface area contributed by atoms with Crippen LogP contribution in [0.1, 0.15) is 25.7 Å². The molecule has 0 amide bonds. The van der Waals surface area contributed by atoms with Crippen LogP contribution in [0, 0.1) is 23.7 Å². The molecular weight excluding hydrogens is 144 g/mol. The van der Waals surface area contributed by atoms with Gasteiger partial charge in [0.15, 0.2) is 0 Å². The van der Waals surface area contributed by atoms with Crippen LogP contribution in [0.25, 0.3) is 0 Å². The van der Waals surface area contributed by atoms with E-state index in [1.54, 1.807) is 0 Å². The fraction of sp³-hybridized carbons (Fsp3) is 0.667. The van der Waals surface area contributed by atoms with Crippen molar-refractivity contribution in [3.05, 3.63) is 22.3 Å². The van der Waals surface area contributed by atoms with Gasteiger partial charge in [0, 0.05) is 0 Å². The van der Waals surface area contributed by atoms with Gasteiger partial charge in [0.2, 0.25) is 0 Å². The van der Waals surface area contributed by atoms with Crippen LogP contribution in [0.4, 0.5) is 0 Å². The van der Waals surface area contributed by atoms with Gasteiger partial charge in [-0.15, -0.1) is 0 Å². The summed E-state index contributed by atoms with van der Waals surface area (Å²) in [5.74, 6) is 4.33. The second-order valence-corrected chi connectivity index (χ2v) is 5.24. The van der Waals surface area contributed by atoms with E-state index in [9.17, 15) is 0 Å². The molecule has 12 heavy (non-hydrogen) atoms. The topological polar surface area (TPSA) is 0 Å². The Morgan fingerprint density at radius 2 is 0.750 bits per heavy atom. The average Bonchev–Trinajstić information content (AvgIpc) is 1.99. The lowest BCUT2D eigenvalue weighted by Crippen LogP contribution is -2.57. The molecule has 0 nitrogen and oxygen atoms in total. The zero-order valence-corrected chi connectivity index (χ0v) is 7.14. The molecule has 0 aliphatic heterocycles. The highest BCUT2D eigenvalue weighted by molar-refractivity contribution is 5.76. The molecule has 5 aliphatic rings. The monoisotopic (exact) mass is 156 g/mol. The van der Waals surface area contributed by atoms with Crippen LogP contribution < -0.4 is 0 Å². The average molecular weight is 156 g/mol. The SMILES string of the molecule is C1CC2C3=C(C4=C3C3CCC43)C12. The molecule has 0 aromatic heterocycles. The van der Waals surface area contributed by atoms with Gasteiger partial charge in [-0.25, -0.2) is 0 Å². The Balaban J connectivity index is 1.69. The van der Waals surface area contributed by atoms with Crippen LogP contribution in [0.2, 0.25) is 0 Å². The third-order valence-corrected chi connectivity index (χ3v) is 5.19.